The van der Waals surface area contributed by atoms with Gasteiger partial charge in [-0.3, -0.25) is 4.79 Å². The molecule has 0 fully saturated rings. The quantitative estimate of drug-likeness (QED) is 0.232. The highest BCUT2D eigenvalue weighted by atomic mass is 35.5. The van der Waals surface area contributed by atoms with Gasteiger partial charge in [0.05, 0.1) is 31.2 Å². The molecule has 19 heavy (non-hydrogen) atoms. The van der Waals surface area contributed by atoms with Crippen molar-refractivity contribution in [1.29, 1.82) is 0 Å². The predicted molar refractivity (Wildman–Crippen MR) is 76.9 cm³/mol. The van der Waals surface area contributed by atoms with Crippen molar-refractivity contribution in [2.24, 2.45) is 5.10 Å². The number of nitrogens with zero attached hydrogens (tertiary/aromatic N) is 1. The van der Waals surface area contributed by atoms with E-state index in [4.69, 9.17) is 16.3 Å². The van der Waals surface area contributed by atoms with E-state index in [1.165, 1.54) is 11.8 Å². The fourth-order valence-electron chi connectivity index (χ4n) is 0.967. The van der Waals surface area contributed by atoms with Crippen LogP contribution in [0.2, 0.25) is 0 Å². The van der Waals surface area contributed by atoms with Crippen molar-refractivity contribution in [3.05, 3.63) is 0 Å². The number of hydrazone groups is 1. The Kier molecular flexibility index (Phi) is 11.5. The molecule has 0 heterocycles. The molecule has 0 aromatic carbocycles. The van der Waals surface area contributed by atoms with Gasteiger partial charge >= 0.3 is 12.1 Å². The lowest BCUT2D eigenvalue weighted by Gasteiger charge is -2.04. The van der Waals surface area contributed by atoms with Crippen LogP contribution in [0.15, 0.2) is 5.10 Å². The number of rotatable bonds is 9. The van der Waals surface area contributed by atoms with Gasteiger partial charge in [-0.25, -0.2) is 10.2 Å². The maximum absolute atomic E-state index is 11.1. The van der Waals surface area contributed by atoms with Crippen molar-refractivity contribution in [3.8, 4) is 0 Å². The second-order valence-electron chi connectivity index (χ2n) is 3.25. The molecule has 0 bridgehead atoms. The van der Waals surface area contributed by atoms with E-state index in [1.54, 1.807) is 13.8 Å². The second kappa shape index (κ2) is 12.1. The Bertz CT molecular complexity index is 313. The minimum Gasteiger partial charge on any atom is -0.466 e. The van der Waals surface area contributed by atoms with E-state index >= 15 is 0 Å². The van der Waals surface area contributed by atoms with Gasteiger partial charge in [0.15, 0.2) is 0 Å². The maximum atomic E-state index is 11.1. The number of carbonyl (C=O) groups is 2. The monoisotopic (exact) mass is 310 g/mol. The zero-order chi connectivity index (χ0) is 14.5. The molecule has 0 aliphatic carbocycles. The minimum atomic E-state index is -0.610. The summed E-state index contributed by atoms with van der Waals surface area (Å²) in [5.41, 5.74) is 2.86. The van der Waals surface area contributed by atoms with E-state index in [2.05, 4.69) is 15.3 Å². The Morgan fingerprint density at radius 3 is 2.53 bits per heavy atom. The molecule has 8 heteroatoms. The van der Waals surface area contributed by atoms with Gasteiger partial charge in [-0.2, -0.15) is 16.9 Å². The van der Waals surface area contributed by atoms with Crippen molar-refractivity contribution in [2.75, 3.05) is 30.6 Å². The molecule has 0 aliphatic rings. The third kappa shape index (κ3) is 10.6. The molecule has 0 atom stereocenters. The van der Waals surface area contributed by atoms with Gasteiger partial charge in [-0.15, -0.1) is 11.6 Å². The summed E-state index contributed by atoms with van der Waals surface area (Å²) in [5, 5.41) is 3.84. The average Bonchev–Trinajstić information content (AvgIpc) is 2.38. The SMILES string of the molecule is CCOC(=O)CCSC/C(CCl)=N/NC(=O)OCC. The summed E-state index contributed by atoms with van der Waals surface area (Å²) in [6.45, 7) is 4.15. The van der Waals surface area contributed by atoms with Gasteiger partial charge in [0.1, 0.15) is 0 Å². The van der Waals surface area contributed by atoms with Crippen LogP contribution in [0, 0.1) is 0 Å². The Morgan fingerprint density at radius 2 is 1.95 bits per heavy atom. The molecule has 6 nitrogen and oxygen atoms in total. The summed E-state index contributed by atoms with van der Waals surface area (Å²) < 4.78 is 9.45. The number of amides is 1. The Hall–Kier alpha value is -0.950. The summed E-state index contributed by atoms with van der Waals surface area (Å²) in [6, 6.07) is 0. The number of halogens is 1. The molecule has 0 saturated heterocycles. The zero-order valence-corrected chi connectivity index (χ0v) is 12.7. The molecule has 1 amide bonds. The maximum Gasteiger partial charge on any atom is 0.427 e. The third-order valence-corrected chi connectivity index (χ3v) is 3.10. The summed E-state index contributed by atoms with van der Waals surface area (Å²) >= 11 is 7.19. The first-order valence-corrected chi connectivity index (χ1v) is 7.60. The topological polar surface area (TPSA) is 77.0 Å². The Balaban J connectivity index is 3.83. The van der Waals surface area contributed by atoms with Crippen LogP contribution in [0.5, 0.6) is 0 Å². The van der Waals surface area contributed by atoms with E-state index in [1.807, 2.05) is 0 Å². The molecule has 0 spiro atoms. The van der Waals surface area contributed by atoms with E-state index in [0.29, 0.717) is 30.2 Å². The summed E-state index contributed by atoms with van der Waals surface area (Å²) in [4.78, 5) is 22.1. The second-order valence-corrected chi connectivity index (χ2v) is 4.62. The van der Waals surface area contributed by atoms with E-state index in [-0.39, 0.29) is 18.5 Å². The van der Waals surface area contributed by atoms with Gasteiger partial charge in [-0.05, 0) is 13.8 Å². The lowest BCUT2D eigenvalue weighted by atomic mass is 10.5. The lowest BCUT2D eigenvalue weighted by Crippen LogP contribution is -2.22. The van der Waals surface area contributed by atoms with Crippen molar-refractivity contribution in [3.63, 3.8) is 0 Å². The lowest BCUT2D eigenvalue weighted by molar-refractivity contribution is -0.142. The molecular formula is C11H19ClN2O4S. The Morgan fingerprint density at radius 1 is 1.26 bits per heavy atom. The van der Waals surface area contributed by atoms with Crippen LogP contribution in [0.3, 0.4) is 0 Å². The van der Waals surface area contributed by atoms with E-state index < -0.39 is 6.09 Å². The fourth-order valence-corrected chi connectivity index (χ4v) is 2.09. The molecule has 1 N–H and O–H groups in total. The Labute approximate surface area is 122 Å². The van der Waals surface area contributed by atoms with Gasteiger partial charge in [0.25, 0.3) is 0 Å². The average molecular weight is 311 g/mol. The number of ether oxygens (including phenoxy) is 2. The van der Waals surface area contributed by atoms with Crippen molar-refractivity contribution >= 4 is 41.1 Å². The molecule has 110 valence electrons. The number of carbonyl (C=O) groups excluding carboxylic acids is 2. The fraction of sp³-hybridized carbons (Fsp3) is 0.727. The van der Waals surface area contributed by atoms with Crippen LogP contribution in [-0.4, -0.2) is 48.4 Å². The van der Waals surface area contributed by atoms with Crippen LogP contribution in [0.1, 0.15) is 20.3 Å². The van der Waals surface area contributed by atoms with Crippen LogP contribution in [0.25, 0.3) is 0 Å². The van der Waals surface area contributed by atoms with Crippen LogP contribution < -0.4 is 5.43 Å². The summed E-state index contributed by atoms with van der Waals surface area (Å²) in [5.74, 6) is 1.14. The number of hydrogen-bond donors (Lipinski definition) is 1. The molecule has 0 rings (SSSR count). The number of nitrogens with one attached hydrogen (secondary N) is 1. The minimum absolute atomic E-state index is 0.207. The first kappa shape index (κ1) is 18.0. The number of esters is 1. The van der Waals surface area contributed by atoms with Crippen molar-refractivity contribution in [2.45, 2.75) is 20.3 Å². The summed E-state index contributed by atoms with van der Waals surface area (Å²) in [7, 11) is 0. The molecule has 0 unspecified atom stereocenters. The standard InChI is InChI=1S/C11H19ClN2O4S/c1-3-17-10(15)5-6-19-8-9(7-12)13-14-11(16)18-4-2/h3-8H2,1-2H3,(H,14,16)/b13-9+. The number of thioether (sulfide) groups is 1. The molecule has 0 aromatic rings. The first-order valence-electron chi connectivity index (χ1n) is 5.91. The van der Waals surface area contributed by atoms with Gasteiger partial charge in [0, 0.05) is 11.5 Å². The van der Waals surface area contributed by atoms with Crippen LogP contribution in [-0.2, 0) is 14.3 Å². The van der Waals surface area contributed by atoms with Crippen molar-refractivity contribution < 1.29 is 19.1 Å². The van der Waals surface area contributed by atoms with E-state index in [0.717, 1.165) is 0 Å². The third-order valence-electron chi connectivity index (χ3n) is 1.76. The van der Waals surface area contributed by atoms with Crippen molar-refractivity contribution in [1.82, 2.24) is 5.43 Å². The normalized spacial score (nSPS) is 11.0. The molecule has 0 aromatic heterocycles. The van der Waals surface area contributed by atoms with Gasteiger partial charge < -0.3 is 9.47 Å². The van der Waals surface area contributed by atoms with Crippen LogP contribution >= 0.6 is 23.4 Å². The highest BCUT2D eigenvalue weighted by molar-refractivity contribution is 8.00. The zero-order valence-electron chi connectivity index (χ0n) is 11.1. The molecule has 0 saturated carbocycles. The number of alkyl halides is 1. The molecule has 0 aliphatic heterocycles. The highest BCUT2D eigenvalue weighted by Crippen LogP contribution is 2.05. The first-order chi connectivity index (χ1) is 9.13. The summed E-state index contributed by atoms with van der Waals surface area (Å²) in [6.07, 6.45) is -0.263. The van der Waals surface area contributed by atoms with Gasteiger partial charge in [-0.1, -0.05) is 0 Å². The smallest absolute Gasteiger partial charge is 0.427 e. The van der Waals surface area contributed by atoms with Gasteiger partial charge in [0.2, 0.25) is 0 Å². The molecular weight excluding hydrogens is 292 g/mol. The van der Waals surface area contributed by atoms with E-state index in [9.17, 15) is 9.59 Å². The number of hydrogen-bond acceptors (Lipinski definition) is 6. The largest absolute Gasteiger partial charge is 0.466 e. The molecule has 0 radical (unpaired) electrons. The highest BCUT2D eigenvalue weighted by Gasteiger charge is 2.04. The predicted octanol–water partition coefficient (Wildman–Crippen LogP) is 2.01. The van der Waals surface area contributed by atoms with Crippen LogP contribution in [0.4, 0.5) is 4.79 Å².